The van der Waals surface area contributed by atoms with Gasteiger partial charge in [0, 0.05) is 13.2 Å². The molecule has 0 bridgehead atoms. The van der Waals surface area contributed by atoms with Crippen molar-refractivity contribution in [3.63, 3.8) is 0 Å². The standard InChI is InChI=1S/C12H25NO/c1-10(2)6-7-13-8-11(3)14-9-12-4-5-12/h10-13H,4-9H2,1-3H3. The van der Waals surface area contributed by atoms with Crippen LogP contribution in [0.2, 0.25) is 0 Å². The van der Waals surface area contributed by atoms with Gasteiger partial charge in [-0.15, -0.1) is 0 Å². The van der Waals surface area contributed by atoms with E-state index < -0.39 is 0 Å². The van der Waals surface area contributed by atoms with E-state index in [-0.39, 0.29) is 0 Å². The van der Waals surface area contributed by atoms with E-state index in [1.54, 1.807) is 0 Å². The van der Waals surface area contributed by atoms with Crippen LogP contribution < -0.4 is 5.32 Å². The van der Waals surface area contributed by atoms with Crippen LogP contribution in [0.25, 0.3) is 0 Å². The van der Waals surface area contributed by atoms with Crippen molar-refractivity contribution in [3.05, 3.63) is 0 Å². The van der Waals surface area contributed by atoms with E-state index in [1.165, 1.54) is 19.3 Å². The quantitative estimate of drug-likeness (QED) is 0.606. The second-order valence-corrected chi connectivity index (χ2v) is 4.97. The van der Waals surface area contributed by atoms with Crippen LogP contribution >= 0.6 is 0 Å². The molecule has 0 heterocycles. The lowest BCUT2D eigenvalue weighted by Crippen LogP contribution is -2.28. The molecule has 0 amide bonds. The Hall–Kier alpha value is -0.0800. The molecule has 0 aromatic rings. The summed E-state index contributed by atoms with van der Waals surface area (Å²) in [6.07, 6.45) is 4.40. The zero-order chi connectivity index (χ0) is 10.4. The summed E-state index contributed by atoms with van der Waals surface area (Å²) in [6.45, 7) is 9.77. The number of hydrogen-bond acceptors (Lipinski definition) is 2. The smallest absolute Gasteiger partial charge is 0.0671 e. The molecule has 1 aliphatic rings. The van der Waals surface area contributed by atoms with Gasteiger partial charge in [-0.2, -0.15) is 0 Å². The number of nitrogens with one attached hydrogen (secondary N) is 1. The fourth-order valence-corrected chi connectivity index (χ4v) is 1.34. The molecule has 0 aromatic carbocycles. The molecule has 0 aromatic heterocycles. The van der Waals surface area contributed by atoms with E-state index in [9.17, 15) is 0 Å². The summed E-state index contributed by atoms with van der Waals surface area (Å²) in [7, 11) is 0. The van der Waals surface area contributed by atoms with E-state index in [2.05, 4.69) is 26.1 Å². The fourth-order valence-electron chi connectivity index (χ4n) is 1.34. The van der Waals surface area contributed by atoms with E-state index in [1.807, 2.05) is 0 Å². The van der Waals surface area contributed by atoms with Crippen LogP contribution in [0.1, 0.15) is 40.0 Å². The van der Waals surface area contributed by atoms with Gasteiger partial charge >= 0.3 is 0 Å². The van der Waals surface area contributed by atoms with Gasteiger partial charge in [0.15, 0.2) is 0 Å². The monoisotopic (exact) mass is 199 g/mol. The third kappa shape index (κ3) is 6.39. The van der Waals surface area contributed by atoms with Gasteiger partial charge < -0.3 is 10.1 Å². The molecule has 1 N–H and O–H groups in total. The third-order valence-electron chi connectivity index (χ3n) is 2.64. The summed E-state index contributed by atoms with van der Waals surface area (Å²) in [6, 6.07) is 0. The molecule has 2 nitrogen and oxygen atoms in total. The summed E-state index contributed by atoms with van der Waals surface area (Å²) in [4.78, 5) is 0. The van der Waals surface area contributed by atoms with Crippen molar-refractivity contribution in [2.24, 2.45) is 11.8 Å². The predicted octanol–water partition coefficient (Wildman–Crippen LogP) is 2.44. The molecule has 0 saturated heterocycles. The molecule has 0 aliphatic heterocycles. The Labute approximate surface area is 88.4 Å². The number of hydrogen-bond donors (Lipinski definition) is 1. The molecular formula is C12H25NO. The molecule has 84 valence electrons. The summed E-state index contributed by atoms with van der Waals surface area (Å²) >= 11 is 0. The van der Waals surface area contributed by atoms with Crippen molar-refractivity contribution < 1.29 is 4.74 Å². The lowest BCUT2D eigenvalue weighted by Gasteiger charge is -2.14. The minimum atomic E-state index is 0.378. The van der Waals surface area contributed by atoms with Gasteiger partial charge in [0.2, 0.25) is 0 Å². The van der Waals surface area contributed by atoms with E-state index in [4.69, 9.17) is 4.74 Å². The third-order valence-corrected chi connectivity index (χ3v) is 2.64. The van der Waals surface area contributed by atoms with Crippen molar-refractivity contribution in [1.29, 1.82) is 0 Å². The van der Waals surface area contributed by atoms with Crippen molar-refractivity contribution in [2.45, 2.75) is 46.1 Å². The van der Waals surface area contributed by atoms with Crippen molar-refractivity contribution in [2.75, 3.05) is 19.7 Å². The lowest BCUT2D eigenvalue weighted by molar-refractivity contribution is 0.0583. The average Bonchev–Trinajstić information content (AvgIpc) is 2.92. The molecule has 1 fully saturated rings. The first-order chi connectivity index (χ1) is 6.68. The molecule has 2 heteroatoms. The first-order valence-electron chi connectivity index (χ1n) is 6.00. The molecule has 0 radical (unpaired) electrons. The summed E-state index contributed by atoms with van der Waals surface area (Å²) in [5.74, 6) is 1.68. The highest BCUT2D eigenvalue weighted by molar-refractivity contribution is 4.72. The molecule has 1 aliphatic carbocycles. The molecule has 1 saturated carbocycles. The molecule has 14 heavy (non-hydrogen) atoms. The van der Waals surface area contributed by atoms with Crippen LogP contribution in [0.4, 0.5) is 0 Å². The van der Waals surface area contributed by atoms with Crippen LogP contribution in [-0.4, -0.2) is 25.8 Å². The second kappa shape index (κ2) is 6.41. The van der Waals surface area contributed by atoms with Gasteiger partial charge in [0.25, 0.3) is 0 Å². The van der Waals surface area contributed by atoms with Crippen molar-refractivity contribution in [1.82, 2.24) is 5.32 Å². The minimum absolute atomic E-state index is 0.378. The highest BCUT2D eigenvalue weighted by atomic mass is 16.5. The number of ether oxygens (including phenoxy) is 1. The maximum absolute atomic E-state index is 5.71. The normalized spacial score (nSPS) is 18.9. The summed E-state index contributed by atoms with van der Waals surface area (Å²) in [5, 5.41) is 3.44. The van der Waals surface area contributed by atoms with Crippen molar-refractivity contribution in [3.8, 4) is 0 Å². The predicted molar refractivity (Wildman–Crippen MR) is 60.5 cm³/mol. The zero-order valence-corrected chi connectivity index (χ0v) is 9.88. The first kappa shape index (κ1) is 12.0. The maximum atomic E-state index is 5.71. The van der Waals surface area contributed by atoms with Crippen LogP contribution in [0.3, 0.4) is 0 Å². The van der Waals surface area contributed by atoms with Crippen LogP contribution in [0.5, 0.6) is 0 Å². The first-order valence-corrected chi connectivity index (χ1v) is 6.00. The van der Waals surface area contributed by atoms with E-state index in [0.29, 0.717) is 6.10 Å². The lowest BCUT2D eigenvalue weighted by atomic mass is 10.1. The Morgan fingerprint density at radius 1 is 1.29 bits per heavy atom. The average molecular weight is 199 g/mol. The van der Waals surface area contributed by atoms with Crippen LogP contribution in [0, 0.1) is 11.8 Å². The van der Waals surface area contributed by atoms with Gasteiger partial charge in [0.1, 0.15) is 0 Å². The highest BCUT2D eigenvalue weighted by Crippen LogP contribution is 2.29. The van der Waals surface area contributed by atoms with Gasteiger partial charge in [-0.1, -0.05) is 13.8 Å². The van der Waals surface area contributed by atoms with E-state index in [0.717, 1.165) is 31.5 Å². The maximum Gasteiger partial charge on any atom is 0.0671 e. The molecule has 1 rings (SSSR count). The fraction of sp³-hybridized carbons (Fsp3) is 1.00. The second-order valence-electron chi connectivity index (χ2n) is 4.97. The summed E-state index contributed by atoms with van der Waals surface area (Å²) in [5.41, 5.74) is 0. The van der Waals surface area contributed by atoms with Crippen molar-refractivity contribution >= 4 is 0 Å². The Kier molecular flexibility index (Phi) is 5.49. The topological polar surface area (TPSA) is 21.3 Å². The van der Waals surface area contributed by atoms with Gasteiger partial charge in [-0.25, -0.2) is 0 Å². The molecule has 1 unspecified atom stereocenters. The Bertz CT molecular complexity index is 143. The van der Waals surface area contributed by atoms with Crippen LogP contribution in [0.15, 0.2) is 0 Å². The van der Waals surface area contributed by atoms with Crippen LogP contribution in [-0.2, 0) is 4.74 Å². The summed E-state index contributed by atoms with van der Waals surface area (Å²) < 4.78 is 5.71. The van der Waals surface area contributed by atoms with Gasteiger partial charge in [-0.3, -0.25) is 0 Å². The SMILES string of the molecule is CC(C)CCNCC(C)OCC1CC1. The highest BCUT2D eigenvalue weighted by Gasteiger charge is 2.21. The Morgan fingerprint density at radius 3 is 2.57 bits per heavy atom. The largest absolute Gasteiger partial charge is 0.377 e. The molecule has 1 atom stereocenters. The van der Waals surface area contributed by atoms with Gasteiger partial charge in [0.05, 0.1) is 6.10 Å². The number of rotatable bonds is 8. The Morgan fingerprint density at radius 2 is 2.00 bits per heavy atom. The Balaban J connectivity index is 1.83. The molecular weight excluding hydrogens is 174 g/mol. The molecule has 0 spiro atoms. The zero-order valence-electron chi connectivity index (χ0n) is 9.88. The minimum Gasteiger partial charge on any atom is -0.377 e. The van der Waals surface area contributed by atoms with E-state index >= 15 is 0 Å². The van der Waals surface area contributed by atoms with Gasteiger partial charge in [-0.05, 0) is 44.6 Å².